The predicted octanol–water partition coefficient (Wildman–Crippen LogP) is 4.67. The van der Waals surface area contributed by atoms with Gasteiger partial charge in [0.15, 0.2) is 5.82 Å². The van der Waals surface area contributed by atoms with Crippen LogP contribution in [0, 0.1) is 0 Å². The summed E-state index contributed by atoms with van der Waals surface area (Å²) in [6.07, 6.45) is 9.79. The zero-order chi connectivity index (χ0) is 18.8. The normalized spacial score (nSPS) is 19.9. The van der Waals surface area contributed by atoms with Crippen molar-refractivity contribution in [1.82, 2.24) is 15.3 Å². The van der Waals surface area contributed by atoms with Crippen LogP contribution in [-0.4, -0.2) is 23.2 Å². The van der Waals surface area contributed by atoms with E-state index in [1.54, 1.807) is 0 Å². The van der Waals surface area contributed by atoms with Gasteiger partial charge in [-0.1, -0.05) is 37.5 Å². The Hall–Kier alpha value is -2.24. The Kier molecular flexibility index (Phi) is 5.10. The fraction of sp³-hybridized carbons (Fsp3) is 0.478. The van der Waals surface area contributed by atoms with Crippen LogP contribution in [0.4, 0.5) is 11.5 Å². The highest BCUT2D eigenvalue weighted by Crippen LogP contribution is 2.34. The zero-order valence-corrected chi connectivity index (χ0v) is 16.3. The highest BCUT2D eigenvalue weighted by Gasteiger charge is 2.21. The number of nitrogens with one attached hydrogen (secondary N) is 2. The molecule has 0 bridgehead atoms. The van der Waals surface area contributed by atoms with E-state index in [0.29, 0.717) is 6.61 Å². The van der Waals surface area contributed by atoms with E-state index in [-0.39, 0.29) is 0 Å². The minimum atomic E-state index is 0.652. The summed E-state index contributed by atoms with van der Waals surface area (Å²) < 4.78 is 5.44. The van der Waals surface area contributed by atoms with Crippen molar-refractivity contribution in [2.75, 3.05) is 18.5 Å². The molecule has 1 aliphatic carbocycles. The van der Waals surface area contributed by atoms with Crippen molar-refractivity contribution in [1.29, 1.82) is 0 Å². The molecule has 2 aliphatic heterocycles. The average Bonchev–Trinajstić information content (AvgIpc) is 3.25. The maximum absolute atomic E-state index is 5.44. The Balaban J connectivity index is 1.40. The highest BCUT2D eigenvalue weighted by molar-refractivity contribution is 5.66. The van der Waals surface area contributed by atoms with Crippen molar-refractivity contribution in [2.45, 2.75) is 57.5 Å². The van der Waals surface area contributed by atoms with E-state index < -0.39 is 0 Å². The van der Waals surface area contributed by atoms with Gasteiger partial charge < -0.3 is 15.4 Å². The number of hydrogen-bond acceptors (Lipinski definition) is 5. The summed E-state index contributed by atoms with van der Waals surface area (Å²) in [5, 5.41) is 6.97. The molecular formula is C23H28N4O. The minimum absolute atomic E-state index is 0.652. The van der Waals surface area contributed by atoms with Gasteiger partial charge in [-0.3, -0.25) is 0 Å². The summed E-state index contributed by atoms with van der Waals surface area (Å²) in [4.78, 5) is 9.71. The second-order valence-electron chi connectivity index (χ2n) is 8.06. The molecule has 0 unspecified atom stereocenters. The lowest BCUT2D eigenvalue weighted by Gasteiger charge is -2.22. The first-order valence-electron chi connectivity index (χ1n) is 10.6. The molecule has 146 valence electrons. The van der Waals surface area contributed by atoms with Crippen LogP contribution in [0.25, 0.3) is 5.57 Å². The maximum atomic E-state index is 5.44. The molecule has 3 aliphatic rings. The number of benzene rings is 1. The van der Waals surface area contributed by atoms with Gasteiger partial charge in [-0.05, 0) is 48.4 Å². The minimum Gasteiger partial charge on any atom is -0.377 e. The number of anilines is 2. The summed E-state index contributed by atoms with van der Waals surface area (Å²) in [5.41, 5.74) is 6.07. The summed E-state index contributed by atoms with van der Waals surface area (Å²) in [5.74, 6) is 2.51. The fourth-order valence-corrected chi connectivity index (χ4v) is 4.56. The Morgan fingerprint density at radius 3 is 2.64 bits per heavy atom. The van der Waals surface area contributed by atoms with Crippen molar-refractivity contribution in [3.05, 3.63) is 53.0 Å². The van der Waals surface area contributed by atoms with E-state index in [0.717, 1.165) is 55.1 Å². The average molecular weight is 377 g/mol. The first-order chi connectivity index (χ1) is 13.9. The smallest absolute Gasteiger partial charge is 0.157 e. The SMILES string of the molecule is C1=C(c2nc3c(c(Nc4ccc(C5CCCCC5)cc4)n2)CNC3)CCOC1. The van der Waals surface area contributed by atoms with Gasteiger partial charge in [-0.2, -0.15) is 0 Å². The van der Waals surface area contributed by atoms with Crippen LogP contribution in [0.15, 0.2) is 30.3 Å². The van der Waals surface area contributed by atoms with Gasteiger partial charge in [0.2, 0.25) is 0 Å². The van der Waals surface area contributed by atoms with E-state index in [9.17, 15) is 0 Å². The van der Waals surface area contributed by atoms with Crippen LogP contribution in [0.5, 0.6) is 0 Å². The molecule has 1 aromatic carbocycles. The molecule has 0 amide bonds. The van der Waals surface area contributed by atoms with Crippen LogP contribution >= 0.6 is 0 Å². The molecule has 2 N–H and O–H groups in total. The molecule has 1 aromatic heterocycles. The number of aromatic nitrogens is 2. The van der Waals surface area contributed by atoms with Crippen molar-refractivity contribution in [3.63, 3.8) is 0 Å². The number of rotatable bonds is 4. The van der Waals surface area contributed by atoms with Crippen LogP contribution in [0.1, 0.15) is 67.1 Å². The second kappa shape index (κ2) is 8.02. The third-order valence-corrected chi connectivity index (χ3v) is 6.19. The van der Waals surface area contributed by atoms with Crippen LogP contribution in [-0.2, 0) is 17.8 Å². The molecule has 0 atom stereocenters. The molecule has 5 rings (SSSR count). The zero-order valence-electron chi connectivity index (χ0n) is 16.3. The topological polar surface area (TPSA) is 59.1 Å². The molecule has 28 heavy (non-hydrogen) atoms. The van der Waals surface area contributed by atoms with Crippen molar-refractivity contribution in [3.8, 4) is 0 Å². The van der Waals surface area contributed by atoms with E-state index in [1.807, 2.05) is 0 Å². The molecule has 2 aromatic rings. The summed E-state index contributed by atoms with van der Waals surface area (Å²) in [6, 6.07) is 8.99. The number of nitrogens with zero attached hydrogens (tertiary/aromatic N) is 2. The molecule has 5 heteroatoms. The summed E-state index contributed by atoms with van der Waals surface area (Å²) in [6.45, 7) is 3.03. The van der Waals surface area contributed by atoms with Crippen molar-refractivity contribution in [2.24, 2.45) is 0 Å². The van der Waals surface area contributed by atoms with Gasteiger partial charge >= 0.3 is 0 Å². The van der Waals surface area contributed by atoms with Gasteiger partial charge in [0.1, 0.15) is 5.82 Å². The predicted molar refractivity (Wildman–Crippen MR) is 112 cm³/mol. The lowest BCUT2D eigenvalue weighted by atomic mass is 9.84. The second-order valence-corrected chi connectivity index (χ2v) is 8.06. The van der Waals surface area contributed by atoms with Crippen LogP contribution in [0.3, 0.4) is 0 Å². The number of ether oxygens (including phenoxy) is 1. The van der Waals surface area contributed by atoms with Crippen LogP contribution < -0.4 is 10.6 Å². The lowest BCUT2D eigenvalue weighted by Crippen LogP contribution is -2.10. The monoisotopic (exact) mass is 376 g/mol. The molecule has 1 saturated carbocycles. The van der Waals surface area contributed by atoms with Crippen molar-refractivity contribution < 1.29 is 4.74 Å². The third kappa shape index (κ3) is 3.69. The quantitative estimate of drug-likeness (QED) is 0.812. The Labute approximate surface area is 166 Å². The Bertz CT molecular complexity index is 869. The van der Waals surface area contributed by atoms with Gasteiger partial charge in [0, 0.05) is 24.3 Å². The largest absolute Gasteiger partial charge is 0.377 e. The van der Waals surface area contributed by atoms with Crippen molar-refractivity contribution >= 4 is 17.1 Å². The molecule has 5 nitrogen and oxygen atoms in total. The molecule has 0 saturated heterocycles. The van der Waals surface area contributed by atoms with E-state index in [1.165, 1.54) is 48.8 Å². The molecule has 1 fully saturated rings. The first-order valence-corrected chi connectivity index (χ1v) is 10.6. The molecular weight excluding hydrogens is 348 g/mol. The number of fused-ring (bicyclic) bond motifs is 1. The van der Waals surface area contributed by atoms with E-state index in [2.05, 4.69) is 41.0 Å². The lowest BCUT2D eigenvalue weighted by molar-refractivity contribution is 0.161. The summed E-state index contributed by atoms with van der Waals surface area (Å²) in [7, 11) is 0. The Morgan fingerprint density at radius 2 is 1.86 bits per heavy atom. The first kappa shape index (κ1) is 17.8. The van der Waals surface area contributed by atoms with Crippen LogP contribution in [0.2, 0.25) is 0 Å². The van der Waals surface area contributed by atoms with Gasteiger partial charge in [-0.15, -0.1) is 0 Å². The van der Waals surface area contributed by atoms with Gasteiger partial charge in [-0.25, -0.2) is 9.97 Å². The fourth-order valence-electron chi connectivity index (χ4n) is 4.56. The standard InChI is InChI=1S/C23H28N4O/c1-2-4-16(5-3-1)17-6-8-19(9-7-17)25-23-20-14-24-15-21(20)26-22(27-23)18-10-12-28-13-11-18/h6-10,16,24H,1-5,11-15H2,(H,25,26,27). The van der Waals surface area contributed by atoms with E-state index >= 15 is 0 Å². The molecule has 0 spiro atoms. The third-order valence-electron chi connectivity index (χ3n) is 6.19. The highest BCUT2D eigenvalue weighted by atomic mass is 16.5. The molecule has 3 heterocycles. The van der Waals surface area contributed by atoms with Gasteiger partial charge in [0.25, 0.3) is 0 Å². The number of hydrogen-bond donors (Lipinski definition) is 2. The van der Waals surface area contributed by atoms with E-state index in [4.69, 9.17) is 14.7 Å². The molecule has 0 radical (unpaired) electrons. The summed E-state index contributed by atoms with van der Waals surface area (Å²) >= 11 is 0. The Morgan fingerprint density at radius 1 is 1.00 bits per heavy atom. The maximum Gasteiger partial charge on any atom is 0.157 e. The van der Waals surface area contributed by atoms with Gasteiger partial charge in [0.05, 0.1) is 18.9 Å².